The van der Waals surface area contributed by atoms with E-state index in [1.54, 1.807) is 12.3 Å². The van der Waals surface area contributed by atoms with Gasteiger partial charge >= 0.3 is 0 Å². The van der Waals surface area contributed by atoms with Gasteiger partial charge in [0, 0.05) is 0 Å². The average Bonchev–Trinajstić information content (AvgIpc) is 2.79. The van der Waals surface area contributed by atoms with Crippen molar-refractivity contribution >= 4 is 15.8 Å². The fraction of sp³-hybridized carbons (Fsp3) is 1.00. The molecule has 0 bridgehead atoms. The van der Waals surface area contributed by atoms with E-state index >= 15 is 0 Å². The number of rotatable bonds is 5. The SMILES string of the molecule is CC1C(C)C(C)P(CCCCP2C(C)C(C)C(C)C2C)C1C. The molecule has 2 aliphatic heterocycles. The third kappa shape index (κ3) is 3.59. The monoisotopic (exact) mass is 342 g/mol. The van der Waals surface area contributed by atoms with E-state index in [-0.39, 0.29) is 0 Å². The van der Waals surface area contributed by atoms with Crippen LogP contribution in [0.15, 0.2) is 0 Å². The lowest BCUT2D eigenvalue weighted by molar-refractivity contribution is 0.413. The van der Waals surface area contributed by atoms with Gasteiger partial charge in [0.05, 0.1) is 0 Å². The Balaban J connectivity index is 1.76. The Morgan fingerprint density at radius 1 is 0.455 bits per heavy atom. The van der Waals surface area contributed by atoms with Crippen molar-refractivity contribution in [1.82, 2.24) is 0 Å². The summed E-state index contributed by atoms with van der Waals surface area (Å²) < 4.78 is 0. The second-order valence-corrected chi connectivity index (χ2v) is 14.8. The summed E-state index contributed by atoms with van der Waals surface area (Å²) in [4.78, 5) is 0. The van der Waals surface area contributed by atoms with Gasteiger partial charge in [0.15, 0.2) is 0 Å². The van der Waals surface area contributed by atoms with Crippen molar-refractivity contribution in [2.24, 2.45) is 23.7 Å². The van der Waals surface area contributed by atoms with Crippen LogP contribution in [0, 0.1) is 23.7 Å². The molecular formula is C20H40P2. The highest BCUT2D eigenvalue weighted by atomic mass is 31.1. The van der Waals surface area contributed by atoms with Gasteiger partial charge in [0.1, 0.15) is 0 Å². The predicted molar refractivity (Wildman–Crippen MR) is 107 cm³/mol. The maximum absolute atomic E-state index is 2.55. The molecule has 0 spiro atoms. The van der Waals surface area contributed by atoms with E-state index in [9.17, 15) is 0 Å². The molecule has 0 aliphatic carbocycles. The summed E-state index contributed by atoms with van der Waals surface area (Å²) in [6, 6.07) is 0. The first kappa shape index (κ1) is 19.2. The number of hydrogen-bond acceptors (Lipinski definition) is 0. The molecule has 2 rings (SSSR count). The molecule has 8 atom stereocenters. The van der Waals surface area contributed by atoms with E-state index in [2.05, 4.69) is 55.4 Å². The fourth-order valence-electron chi connectivity index (χ4n) is 5.11. The lowest BCUT2D eigenvalue weighted by Crippen LogP contribution is -2.12. The van der Waals surface area contributed by atoms with E-state index in [1.807, 2.05) is 0 Å². The van der Waals surface area contributed by atoms with Crippen molar-refractivity contribution in [2.45, 2.75) is 90.9 Å². The van der Waals surface area contributed by atoms with Crippen LogP contribution in [0.25, 0.3) is 0 Å². The quantitative estimate of drug-likeness (QED) is 0.378. The molecule has 2 fully saturated rings. The molecule has 2 heterocycles. The number of hydrogen-bond donors (Lipinski definition) is 0. The Morgan fingerprint density at radius 3 is 0.909 bits per heavy atom. The molecule has 8 unspecified atom stereocenters. The standard InChI is InChI=1S/C20H40P2/c1-13-14(2)18(6)21(17(13)5)11-9-10-12-22-19(7)15(3)16(4)20(22)8/h13-20H,9-12H2,1-8H3. The van der Waals surface area contributed by atoms with Crippen LogP contribution in [0.1, 0.15) is 68.2 Å². The predicted octanol–water partition coefficient (Wildman–Crippen LogP) is 6.86. The van der Waals surface area contributed by atoms with Crippen LogP contribution in [0.5, 0.6) is 0 Å². The van der Waals surface area contributed by atoms with Crippen LogP contribution in [0.4, 0.5) is 0 Å². The first-order chi connectivity index (χ1) is 10.3. The molecule has 0 aromatic rings. The Kier molecular flexibility index (Phi) is 6.83. The van der Waals surface area contributed by atoms with Gasteiger partial charge in [-0.05, 0) is 71.5 Å². The summed E-state index contributed by atoms with van der Waals surface area (Å²) in [5.41, 5.74) is 4.04. The summed E-state index contributed by atoms with van der Waals surface area (Å²) in [7, 11) is 0.595. The molecule has 0 amide bonds. The highest BCUT2D eigenvalue weighted by Gasteiger charge is 2.41. The maximum atomic E-state index is 2.55. The molecule has 0 N–H and O–H groups in total. The minimum atomic E-state index is 0.297. The normalized spacial score (nSPS) is 52.4. The minimum absolute atomic E-state index is 0.297. The molecule has 2 saturated heterocycles. The van der Waals surface area contributed by atoms with E-state index in [0.717, 1.165) is 46.3 Å². The van der Waals surface area contributed by atoms with Crippen LogP contribution in [-0.4, -0.2) is 35.0 Å². The molecule has 2 aliphatic rings. The largest absolute Gasteiger partial charge is 0.100 e. The Labute approximate surface area is 143 Å². The third-order valence-corrected chi connectivity index (χ3v) is 15.6. The molecule has 0 aromatic heterocycles. The van der Waals surface area contributed by atoms with Gasteiger partial charge in [-0.15, -0.1) is 15.8 Å². The third-order valence-electron chi connectivity index (χ3n) is 7.88. The van der Waals surface area contributed by atoms with Gasteiger partial charge < -0.3 is 0 Å². The summed E-state index contributed by atoms with van der Waals surface area (Å²) >= 11 is 0. The fourth-order valence-corrected chi connectivity index (χ4v) is 12.9. The van der Waals surface area contributed by atoms with Gasteiger partial charge in [-0.1, -0.05) is 55.4 Å². The molecule has 0 saturated carbocycles. The van der Waals surface area contributed by atoms with Gasteiger partial charge in [-0.2, -0.15) is 0 Å². The average molecular weight is 342 g/mol. The minimum Gasteiger partial charge on any atom is -0.100 e. The highest BCUT2D eigenvalue weighted by molar-refractivity contribution is 7.60. The van der Waals surface area contributed by atoms with E-state index in [0.29, 0.717) is 15.8 Å². The Morgan fingerprint density at radius 2 is 0.682 bits per heavy atom. The zero-order valence-electron chi connectivity index (χ0n) is 16.3. The van der Waals surface area contributed by atoms with Crippen LogP contribution < -0.4 is 0 Å². The second-order valence-electron chi connectivity index (χ2n) is 8.58. The first-order valence-electron chi connectivity index (χ1n) is 9.78. The topological polar surface area (TPSA) is 0 Å². The first-order valence-corrected chi connectivity index (χ1v) is 13.1. The summed E-state index contributed by atoms with van der Waals surface area (Å²) in [6.07, 6.45) is 6.15. The van der Waals surface area contributed by atoms with Crippen LogP contribution in [0.2, 0.25) is 0 Å². The summed E-state index contributed by atoms with van der Waals surface area (Å²) in [5, 5.41) is 0. The van der Waals surface area contributed by atoms with Gasteiger partial charge in [0.25, 0.3) is 0 Å². The van der Waals surface area contributed by atoms with Gasteiger partial charge in [-0.3, -0.25) is 0 Å². The van der Waals surface area contributed by atoms with E-state index in [1.165, 1.54) is 12.8 Å². The molecule has 0 radical (unpaired) electrons. The maximum Gasteiger partial charge on any atom is -0.0207 e. The van der Waals surface area contributed by atoms with Crippen LogP contribution in [0.3, 0.4) is 0 Å². The molecule has 22 heavy (non-hydrogen) atoms. The van der Waals surface area contributed by atoms with Crippen LogP contribution in [-0.2, 0) is 0 Å². The molecule has 0 aromatic carbocycles. The van der Waals surface area contributed by atoms with Crippen molar-refractivity contribution < 1.29 is 0 Å². The smallest absolute Gasteiger partial charge is 0.0207 e. The lowest BCUT2D eigenvalue weighted by atomic mass is 9.92. The lowest BCUT2D eigenvalue weighted by Gasteiger charge is -2.25. The molecular weight excluding hydrogens is 302 g/mol. The zero-order valence-corrected chi connectivity index (χ0v) is 18.1. The molecule has 0 nitrogen and oxygen atoms in total. The van der Waals surface area contributed by atoms with Gasteiger partial charge in [0.2, 0.25) is 0 Å². The Bertz CT molecular complexity index is 294. The number of unbranched alkanes of at least 4 members (excludes halogenated alkanes) is 1. The van der Waals surface area contributed by atoms with Gasteiger partial charge in [-0.25, -0.2) is 0 Å². The van der Waals surface area contributed by atoms with Crippen molar-refractivity contribution in [3.8, 4) is 0 Å². The molecule has 2 heteroatoms. The summed E-state index contributed by atoms with van der Waals surface area (Å²) in [6.45, 7) is 20.2. The second kappa shape index (κ2) is 7.83. The zero-order chi connectivity index (χ0) is 16.6. The summed E-state index contributed by atoms with van der Waals surface area (Å²) in [5.74, 6) is 3.84. The van der Waals surface area contributed by atoms with Crippen molar-refractivity contribution in [1.29, 1.82) is 0 Å². The van der Waals surface area contributed by atoms with Crippen LogP contribution >= 0.6 is 15.8 Å². The van der Waals surface area contributed by atoms with Crippen molar-refractivity contribution in [3.63, 3.8) is 0 Å². The Hall–Kier alpha value is 0.860. The van der Waals surface area contributed by atoms with Crippen molar-refractivity contribution in [2.75, 3.05) is 12.3 Å². The molecule has 130 valence electrons. The highest BCUT2D eigenvalue weighted by Crippen LogP contribution is 2.62. The van der Waals surface area contributed by atoms with E-state index in [4.69, 9.17) is 0 Å². The van der Waals surface area contributed by atoms with Crippen molar-refractivity contribution in [3.05, 3.63) is 0 Å². The van der Waals surface area contributed by atoms with E-state index < -0.39 is 0 Å².